The molecule has 0 aliphatic carbocycles. The number of rotatable bonds is 4. The van der Waals surface area contributed by atoms with Crippen LogP contribution in [-0.2, 0) is 0 Å². The van der Waals surface area contributed by atoms with Gasteiger partial charge in [-0.1, -0.05) is 61.2 Å². The van der Waals surface area contributed by atoms with E-state index in [0.717, 1.165) is 11.3 Å². The molecule has 0 heterocycles. The van der Waals surface area contributed by atoms with Gasteiger partial charge >= 0.3 is 0 Å². The van der Waals surface area contributed by atoms with E-state index in [0.29, 0.717) is 0 Å². The minimum Gasteiger partial charge on any atom is -0.482 e. The SMILES string of the molecule is C=C[C@H](Oc1ccccc1)c1ccc2ccccc2c1. The third kappa shape index (κ3) is 2.57. The second-order valence-electron chi connectivity index (χ2n) is 4.69. The Morgan fingerprint density at radius 2 is 1.50 bits per heavy atom. The van der Waals surface area contributed by atoms with E-state index in [2.05, 4.69) is 36.9 Å². The normalized spacial score (nSPS) is 12.0. The first-order valence-electron chi connectivity index (χ1n) is 6.70. The lowest BCUT2D eigenvalue weighted by molar-refractivity contribution is 0.256. The summed E-state index contributed by atoms with van der Waals surface area (Å²) in [6, 6.07) is 24.5. The summed E-state index contributed by atoms with van der Waals surface area (Å²) in [5, 5.41) is 2.45. The van der Waals surface area contributed by atoms with Gasteiger partial charge in [-0.25, -0.2) is 0 Å². The first-order valence-corrected chi connectivity index (χ1v) is 6.70. The Bertz CT molecular complexity index is 716. The molecule has 1 nitrogen and oxygen atoms in total. The highest BCUT2D eigenvalue weighted by Gasteiger charge is 2.09. The zero-order chi connectivity index (χ0) is 13.8. The smallest absolute Gasteiger partial charge is 0.142 e. The van der Waals surface area contributed by atoms with Gasteiger partial charge in [0.1, 0.15) is 11.9 Å². The van der Waals surface area contributed by atoms with Crippen LogP contribution in [0.3, 0.4) is 0 Å². The summed E-state index contributed by atoms with van der Waals surface area (Å²) in [6.07, 6.45) is 1.69. The molecule has 0 fully saturated rings. The number of hydrogen-bond donors (Lipinski definition) is 0. The molecule has 0 spiro atoms. The lowest BCUT2D eigenvalue weighted by Crippen LogP contribution is -2.04. The molecule has 0 aliphatic rings. The van der Waals surface area contributed by atoms with Crippen molar-refractivity contribution >= 4 is 10.8 Å². The van der Waals surface area contributed by atoms with Gasteiger partial charge in [0.2, 0.25) is 0 Å². The van der Waals surface area contributed by atoms with Crippen LogP contribution < -0.4 is 4.74 Å². The zero-order valence-corrected chi connectivity index (χ0v) is 11.2. The van der Waals surface area contributed by atoms with Crippen molar-refractivity contribution in [2.75, 3.05) is 0 Å². The van der Waals surface area contributed by atoms with Crippen molar-refractivity contribution in [1.82, 2.24) is 0 Å². The highest BCUT2D eigenvalue weighted by atomic mass is 16.5. The molecule has 0 saturated heterocycles. The summed E-state index contributed by atoms with van der Waals surface area (Å²) in [5.74, 6) is 0.852. The number of hydrogen-bond acceptors (Lipinski definition) is 1. The standard InChI is InChI=1S/C19H16O/c1-2-19(20-18-10-4-3-5-11-18)17-13-12-15-8-6-7-9-16(15)14-17/h2-14,19H,1H2/t19-/m0/s1. The Hall–Kier alpha value is -2.54. The fraction of sp³-hybridized carbons (Fsp3) is 0.0526. The van der Waals surface area contributed by atoms with Crippen LogP contribution in [0.1, 0.15) is 11.7 Å². The molecule has 1 atom stereocenters. The average Bonchev–Trinajstić information content (AvgIpc) is 2.53. The molecule has 0 bridgehead atoms. The topological polar surface area (TPSA) is 9.23 Å². The van der Waals surface area contributed by atoms with Crippen molar-refractivity contribution in [3.8, 4) is 5.75 Å². The van der Waals surface area contributed by atoms with E-state index in [1.807, 2.05) is 48.5 Å². The minimum atomic E-state index is -0.137. The molecule has 0 saturated carbocycles. The average molecular weight is 260 g/mol. The molecule has 0 aromatic heterocycles. The predicted molar refractivity (Wildman–Crippen MR) is 84.0 cm³/mol. The molecule has 3 aromatic rings. The number of ether oxygens (including phenoxy) is 1. The lowest BCUT2D eigenvalue weighted by atomic mass is 10.0. The Kier molecular flexibility index (Phi) is 3.51. The van der Waals surface area contributed by atoms with Gasteiger partial charge in [0.25, 0.3) is 0 Å². The summed E-state index contributed by atoms with van der Waals surface area (Å²) in [5.41, 5.74) is 1.11. The number of fused-ring (bicyclic) bond motifs is 1. The maximum absolute atomic E-state index is 5.98. The van der Waals surface area contributed by atoms with Gasteiger partial charge in [-0.15, -0.1) is 0 Å². The van der Waals surface area contributed by atoms with Gasteiger partial charge < -0.3 is 4.74 Å². The van der Waals surface area contributed by atoms with Crippen LogP contribution >= 0.6 is 0 Å². The fourth-order valence-corrected chi connectivity index (χ4v) is 2.28. The highest BCUT2D eigenvalue weighted by molar-refractivity contribution is 5.83. The molecule has 1 heteroatoms. The molecular formula is C19H16O. The predicted octanol–water partition coefficient (Wildman–Crippen LogP) is 5.15. The minimum absolute atomic E-state index is 0.137. The van der Waals surface area contributed by atoms with Crippen molar-refractivity contribution in [2.24, 2.45) is 0 Å². The molecule has 98 valence electrons. The van der Waals surface area contributed by atoms with Gasteiger partial charge in [0.15, 0.2) is 0 Å². The summed E-state index contributed by atoms with van der Waals surface area (Å²) in [4.78, 5) is 0. The van der Waals surface area contributed by atoms with E-state index >= 15 is 0 Å². The van der Waals surface area contributed by atoms with Crippen LogP contribution in [0, 0.1) is 0 Å². The van der Waals surface area contributed by atoms with Gasteiger partial charge in [-0.05, 0) is 40.6 Å². The fourth-order valence-electron chi connectivity index (χ4n) is 2.28. The van der Waals surface area contributed by atoms with Crippen molar-refractivity contribution in [3.63, 3.8) is 0 Å². The Morgan fingerprint density at radius 1 is 0.800 bits per heavy atom. The van der Waals surface area contributed by atoms with E-state index in [-0.39, 0.29) is 6.10 Å². The molecule has 0 unspecified atom stereocenters. The van der Waals surface area contributed by atoms with E-state index in [4.69, 9.17) is 4.74 Å². The molecular weight excluding hydrogens is 244 g/mol. The summed E-state index contributed by atoms with van der Waals surface area (Å²) < 4.78 is 5.98. The molecule has 3 rings (SSSR count). The van der Waals surface area contributed by atoms with Gasteiger partial charge in [0, 0.05) is 0 Å². The van der Waals surface area contributed by atoms with Crippen molar-refractivity contribution < 1.29 is 4.74 Å². The maximum atomic E-state index is 5.98. The van der Waals surface area contributed by atoms with Crippen molar-refractivity contribution in [1.29, 1.82) is 0 Å². The molecule has 0 amide bonds. The first-order chi connectivity index (χ1) is 9.86. The van der Waals surface area contributed by atoms with Crippen molar-refractivity contribution in [3.05, 3.63) is 91.0 Å². The van der Waals surface area contributed by atoms with Crippen LogP contribution in [0.4, 0.5) is 0 Å². The van der Waals surface area contributed by atoms with E-state index < -0.39 is 0 Å². The Labute approximate surface area is 119 Å². The summed E-state index contributed by atoms with van der Waals surface area (Å²) in [6.45, 7) is 3.89. The second-order valence-corrected chi connectivity index (χ2v) is 4.69. The van der Waals surface area contributed by atoms with Gasteiger partial charge in [0.05, 0.1) is 0 Å². The molecule has 20 heavy (non-hydrogen) atoms. The highest BCUT2D eigenvalue weighted by Crippen LogP contribution is 2.25. The first kappa shape index (κ1) is 12.5. The van der Waals surface area contributed by atoms with Gasteiger partial charge in [-0.2, -0.15) is 0 Å². The van der Waals surface area contributed by atoms with Crippen LogP contribution in [0.2, 0.25) is 0 Å². The third-order valence-corrected chi connectivity index (χ3v) is 3.32. The van der Waals surface area contributed by atoms with Gasteiger partial charge in [-0.3, -0.25) is 0 Å². The molecule has 0 aliphatic heterocycles. The molecule has 0 radical (unpaired) electrons. The van der Waals surface area contributed by atoms with Crippen LogP contribution in [0.5, 0.6) is 5.75 Å². The van der Waals surface area contributed by atoms with Crippen LogP contribution in [0.25, 0.3) is 10.8 Å². The third-order valence-electron chi connectivity index (χ3n) is 3.32. The van der Waals surface area contributed by atoms with E-state index in [9.17, 15) is 0 Å². The summed E-state index contributed by atoms with van der Waals surface area (Å²) >= 11 is 0. The quantitative estimate of drug-likeness (QED) is 0.590. The van der Waals surface area contributed by atoms with Crippen LogP contribution in [-0.4, -0.2) is 0 Å². The largest absolute Gasteiger partial charge is 0.482 e. The lowest BCUT2D eigenvalue weighted by Gasteiger charge is -2.16. The summed E-state index contributed by atoms with van der Waals surface area (Å²) in [7, 11) is 0. The zero-order valence-electron chi connectivity index (χ0n) is 11.2. The Morgan fingerprint density at radius 3 is 2.25 bits per heavy atom. The molecule has 3 aromatic carbocycles. The second kappa shape index (κ2) is 5.62. The maximum Gasteiger partial charge on any atom is 0.142 e. The molecule has 0 N–H and O–H groups in total. The van der Waals surface area contributed by atoms with E-state index in [1.165, 1.54) is 10.8 Å². The number of benzene rings is 3. The van der Waals surface area contributed by atoms with Crippen molar-refractivity contribution in [2.45, 2.75) is 6.10 Å². The number of para-hydroxylation sites is 1. The van der Waals surface area contributed by atoms with Crippen LogP contribution in [0.15, 0.2) is 85.5 Å². The van der Waals surface area contributed by atoms with E-state index in [1.54, 1.807) is 0 Å². The monoisotopic (exact) mass is 260 g/mol. The Balaban J connectivity index is 1.93.